The minimum Gasteiger partial charge on any atom is -0.330 e. The van der Waals surface area contributed by atoms with Crippen LogP contribution in [0.1, 0.15) is 17.5 Å². The predicted octanol–water partition coefficient (Wildman–Crippen LogP) is 1.56. The number of rotatable bonds is 3. The first-order valence-corrected chi connectivity index (χ1v) is 4.12. The van der Waals surface area contributed by atoms with E-state index in [0.29, 0.717) is 0 Å². The lowest BCUT2D eigenvalue weighted by Gasteiger charge is -1.98. The summed E-state index contributed by atoms with van der Waals surface area (Å²) in [5, 5.41) is 0. The van der Waals surface area contributed by atoms with Gasteiger partial charge in [0.2, 0.25) is 0 Å². The third kappa shape index (κ3) is 2.41. The molecule has 0 atom stereocenters. The van der Waals surface area contributed by atoms with Crippen molar-refractivity contribution >= 4 is 0 Å². The lowest BCUT2D eigenvalue weighted by atomic mass is 10.1. The summed E-state index contributed by atoms with van der Waals surface area (Å²) < 4.78 is 0. The Bertz CT molecular complexity index is 266. The highest BCUT2D eigenvalue weighted by atomic mass is 14.5. The normalized spacial score (nSPS) is 9.33. The molecule has 1 rings (SSSR count). The average molecular weight is 159 g/mol. The van der Waals surface area contributed by atoms with Crippen molar-refractivity contribution in [3.8, 4) is 12.3 Å². The van der Waals surface area contributed by atoms with Gasteiger partial charge in [-0.2, -0.15) is 0 Å². The van der Waals surface area contributed by atoms with Gasteiger partial charge in [-0.25, -0.2) is 0 Å². The van der Waals surface area contributed by atoms with Crippen molar-refractivity contribution in [2.45, 2.75) is 12.8 Å². The Hall–Kier alpha value is -1.26. The minimum atomic E-state index is 0.747. The van der Waals surface area contributed by atoms with Gasteiger partial charge in [0.25, 0.3) is 0 Å². The van der Waals surface area contributed by atoms with E-state index >= 15 is 0 Å². The molecule has 0 unspecified atom stereocenters. The van der Waals surface area contributed by atoms with Gasteiger partial charge in [0.1, 0.15) is 0 Å². The van der Waals surface area contributed by atoms with E-state index in [2.05, 4.69) is 18.1 Å². The molecule has 1 nitrogen and oxygen atoms in total. The SMILES string of the molecule is C#Cc1ccc(CCCN)cc1. The maximum Gasteiger partial charge on any atom is 0.0242 e. The molecule has 0 fully saturated rings. The van der Waals surface area contributed by atoms with E-state index in [1.54, 1.807) is 0 Å². The Labute approximate surface area is 73.6 Å². The number of aryl methyl sites for hydroxylation is 1. The summed E-state index contributed by atoms with van der Waals surface area (Å²) in [6.45, 7) is 0.747. The zero-order valence-corrected chi connectivity index (χ0v) is 7.09. The Kier molecular flexibility index (Phi) is 3.37. The van der Waals surface area contributed by atoms with Gasteiger partial charge < -0.3 is 5.73 Å². The number of hydrogen-bond acceptors (Lipinski definition) is 1. The molecule has 1 aromatic carbocycles. The molecule has 0 aliphatic carbocycles. The Morgan fingerprint density at radius 3 is 2.42 bits per heavy atom. The van der Waals surface area contributed by atoms with Gasteiger partial charge in [-0.15, -0.1) is 6.42 Å². The molecule has 0 saturated heterocycles. The van der Waals surface area contributed by atoms with Crippen LogP contribution >= 0.6 is 0 Å². The fourth-order valence-corrected chi connectivity index (χ4v) is 1.07. The third-order valence-electron chi connectivity index (χ3n) is 1.79. The Balaban J connectivity index is 2.60. The standard InChI is InChI=1S/C11H13N/c1-2-10-5-7-11(8-6-10)4-3-9-12/h1,5-8H,3-4,9,12H2. The van der Waals surface area contributed by atoms with Gasteiger partial charge in [0, 0.05) is 5.56 Å². The number of benzene rings is 1. The van der Waals surface area contributed by atoms with E-state index in [4.69, 9.17) is 12.2 Å². The number of terminal acetylenes is 1. The third-order valence-corrected chi connectivity index (χ3v) is 1.79. The molecule has 62 valence electrons. The molecule has 1 heteroatoms. The second kappa shape index (κ2) is 4.58. The molecule has 0 radical (unpaired) electrons. The van der Waals surface area contributed by atoms with E-state index in [1.165, 1.54) is 5.56 Å². The zero-order valence-electron chi connectivity index (χ0n) is 7.09. The van der Waals surface area contributed by atoms with Crippen LogP contribution in [0.25, 0.3) is 0 Å². The summed E-state index contributed by atoms with van der Waals surface area (Å²) in [7, 11) is 0. The molecule has 0 heterocycles. The largest absolute Gasteiger partial charge is 0.330 e. The molecule has 0 saturated carbocycles. The molecular formula is C11H13N. The lowest BCUT2D eigenvalue weighted by molar-refractivity contribution is 0.832. The molecule has 2 N–H and O–H groups in total. The van der Waals surface area contributed by atoms with Crippen LogP contribution in [0.4, 0.5) is 0 Å². The molecule has 12 heavy (non-hydrogen) atoms. The number of nitrogens with two attached hydrogens (primary N) is 1. The highest BCUT2D eigenvalue weighted by molar-refractivity contribution is 5.34. The first-order chi connectivity index (χ1) is 5.86. The monoisotopic (exact) mass is 159 g/mol. The first-order valence-electron chi connectivity index (χ1n) is 4.12. The summed E-state index contributed by atoms with van der Waals surface area (Å²) in [6, 6.07) is 8.05. The molecule has 0 spiro atoms. The van der Waals surface area contributed by atoms with Crippen LogP contribution in [-0.4, -0.2) is 6.54 Å². The van der Waals surface area contributed by atoms with Crippen molar-refractivity contribution in [3.05, 3.63) is 35.4 Å². The topological polar surface area (TPSA) is 26.0 Å². The number of hydrogen-bond donors (Lipinski definition) is 1. The quantitative estimate of drug-likeness (QED) is 0.665. The van der Waals surface area contributed by atoms with E-state index in [1.807, 2.05) is 12.1 Å². The van der Waals surface area contributed by atoms with E-state index < -0.39 is 0 Å². The summed E-state index contributed by atoms with van der Waals surface area (Å²) in [5.41, 5.74) is 7.64. The van der Waals surface area contributed by atoms with Crippen LogP contribution in [0, 0.1) is 12.3 Å². The van der Waals surface area contributed by atoms with Crippen LogP contribution in [0.15, 0.2) is 24.3 Å². The predicted molar refractivity (Wildman–Crippen MR) is 51.8 cm³/mol. The highest BCUT2D eigenvalue weighted by Gasteiger charge is 1.91. The molecule has 0 aliphatic heterocycles. The lowest BCUT2D eigenvalue weighted by Crippen LogP contribution is -2.00. The van der Waals surface area contributed by atoms with Gasteiger partial charge in [-0.1, -0.05) is 18.1 Å². The average Bonchev–Trinajstić information content (AvgIpc) is 2.15. The van der Waals surface area contributed by atoms with Crippen LogP contribution in [0.3, 0.4) is 0 Å². The zero-order chi connectivity index (χ0) is 8.81. The highest BCUT2D eigenvalue weighted by Crippen LogP contribution is 2.04. The maximum absolute atomic E-state index is 5.40. The Morgan fingerprint density at radius 2 is 1.92 bits per heavy atom. The molecule has 0 bridgehead atoms. The fraction of sp³-hybridized carbons (Fsp3) is 0.273. The second-order valence-corrected chi connectivity index (χ2v) is 2.73. The molecule has 1 aromatic rings. The van der Waals surface area contributed by atoms with E-state index in [9.17, 15) is 0 Å². The summed E-state index contributed by atoms with van der Waals surface area (Å²) >= 11 is 0. The molecular weight excluding hydrogens is 146 g/mol. The van der Waals surface area contributed by atoms with E-state index in [-0.39, 0.29) is 0 Å². The van der Waals surface area contributed by atoms with Gasteiger partial charge in [-0.05, 0) is 37.1 Å². The van der Waals surface area contributed by atoms with Gasteiger partial charge in [0.15, 0.2) is 0 Å². The van der Waals surface area contributed by atoms with Gasteiger partial charge in [-0.3, -0.25) is 0 Å². The van der Waals surface area contributed by atoms with Crippen LogP contribution in [0.5, 0.6) is 0 Å². The van der Waals surface area contributed by atoms with E-state index in [0.717, 1.165) is 24.9 Å². The van der Waals surface area contributed by atoms with Crippen molar-refractivity contribution in [2.75, 3.05) is 6.54 Å². The van der Waals surface area contributed by atoms with Crippen LogP contribution in [0.2, 0.25) is 0 Å². The molecule has 0 aromatic heterocycles. The summed E-state index contributed by atoms with van der Waals surface area (Å²) in [5.74, 6) is 2.59. The van der Waals surface area contributed by atoms with Crippen molar-refractivity contribution in [1.29, 1.82) is 0 Å². The fourth-order valence-electron chi connectivity index (χ4n) is 1.07. The summed E-state index contributed by atoms with van der Waals surface area (Å²) in [6.07, 6.45) is 7.31. The van der Waals surface area contributed by atoms with Crippen molar-refractivity contribution in [2.24, 2.45) is 5.73 Å². The smallest absolute Gasteiger partial charge is 0.0242 e. The molecule has 0 aliphatic rings. The van der Waals surface area contributed by atoms with Crippen LogP contribution < -0.4 is 5.73 Å². The second-order valence-electron chi connectivity index (χ2n) is 2.73. The Morgan fingerprint density at radius 1 is 1.25 bits per heavy atom. The van der Waals surface area contributed by atoms with Gasteiger partial charge >= 0.3 is 0 Å². The molecule has 0 amide bonds. The van der Waals surface area contributed by atoms with Crippen molar-refractivity contribution in [1.82, 2.24) is 0 Å². The van der Waals surface area contributed by atoms with Crippen LogP contribution in [-0.2, 0) is 6.42 Å². The summed E-state index contributed by atoms with van der Waals surface area (Å²) in [4.78, 5) is 0. The maximum atomic E-state index is 5.40. The van der Waals surface area contributed by atoms with Crippen molar-refractivity contribution in [3.63, 3.8) is 0 Å². The first kappa shape index (κ1) is 8.83. The minimum absolute atomic E-state index is 0.747. The van der Waals surface area contributed by atoms with Gasteiger partial charge in [0.05, 0.1) is 0 Å². The van der Waals surface area contributed by atoms with Crippen molar-refractivity contribution < 1.29 is 0 Å².